The van der Waals surface area contributed by atoms with Gasteiger partial charge in [0.25, 0.3) is 0 Å². The lowest BCUT2D eigenvalue weighted by Crippen LogP contribution is -2.09. The number of halogens is 1. The zero-order chi connectivity index (χ0) is 12.3. The molecule has 0 spiro atoms. The fraction of sp³-hybridized carbons (Fsp3) is 0.286. The number of hydrogen-bond donors (Lipinski definition) is 1. The standard InChI is InChI=1S/C14H16ClNO/c1-3-12(14-5-4-8-17-14)16-13-9-10(2)6-7-11(13)15/h4-9,12,16H,3H2,1-2H3. The van der Waals surface area contributed by atoms with Gasteiger partial charge in [-0.15, -0.1) is 0 Å². The summed E-state index contributed by atoms with van der Waals surface area (Å²) < 4.78 is 5.42. The Balaban J connectivity index is 2.21. The minimum Gasteiger partial charge on any atom is -0.467 e. The van der Waals surface area contributed by atoms with E-state index in [1.54, 1.807) is 6.26 Å². The van der Waals surface area contributed by atoms with E-state index < -0.39 is 0 Å². The molecular formula is C14H16ClNO. The summed E-state index contributed by atoms with van der Waals surface area (Å²) in [6.45, 7) is 4.17. The Morgan fingerprint density at radius 3 is 2.82 bits per heavy atom. The molecule has 0 bridgehead atoms. The van der Waals surface area contributed by atoms with Gasteiger partial charge in [-0.05, 0) is 43.2 Å². The monoisotopic (exact) mass is 249 g/mol. The predicted molar refractivity (Wildman–Crippen MR) is 71.6 cm³/mol. The van der Waals surface area contributed by atoms with Crippen molar-refractivity contribution in [3.63, 3.8) is 0 Å². The molecule has 90 valence electrons. The molecule has 0 saturated heterocycles. The number of furan rings is 1. The van der Waals surface area contributed by atoms with Crippen LogP contribution in [0.5, 0.6) is 0 Å². The van der Waals surface area contributed by atoms with Gasteiger partial charge in [-0.3, -0.25) is 0 Å². The summed E-state index contributed by atoms with van der Waals surface area (Å²) in [5, 5.41) is 4.15. The van der Waals surface area contributed by atoms with Crippen molar-refractivity contribution in [2.24, 2.45) is 0 Å². The van der Waals surface area contributed by atoms with Crippen LogP contribution < -0.4 is 5.32 Å². The second-order valence-corrected chi connectivity index (χ2v) is 4.51. The number of aryl methyl sites for hydroxylation is 1. The SMILES string of the molecule is CCC(Nc1cc(C)ccc1Cl)c1ccco1. The highest BCUT2D eigenvalue weighted by Crippen LogP contribution is 2.28. The van der Waals surface area contributed by atoms with Crippen LogP contribution in [-0.2, 0) is 0 Å². The fourth-order valence-electron chi connectivity index (χ4n) is 1.80. The van der Waals surface area contributed by atoms with E-state index in [0.717, 1.165) is 22.9 Å². The number of rotatable bonds is 4. The molecule has 17 heavy (non-hydrogen) atoms. The lowest BCUT2D eigenvalue weighted by atomic mass is 10.1. The Labute approximate surface area is 107 Å². The molecule has 1 N–H and O–H groups in total. The molecule has 2 nitrogen and oxygen atoms in total. The summed E-state index contributed by atoms with van der Waals surface area (Å²) in [4.78, 5) is 0. The third-order valence-electron chi connectivity index (χ3n) is 2.75. The zero-order valence-corrected chi connectivity index (χ0v) is 10.8. The highest BCUT2D eigenvalue weighted by molar-refractivity contribution is 6.33. The van der Waals surface area contributed by atoms with Crippen LogP contribution in [0.2, 0.25) is 5.02 Å². The van der Waals surface area contributed by atoms with Crippen molar-refractivity contribution in [1.82, 2.24) is 0 Å². The quantitative estimate of drug-likeness (QED) is 0.842. The van der Waals surface area contributed by atoms with Crippen LogP contribution >= 0.6 is 11.6 Å². The van der Waals surface area contributed by atoms with E-state index in [2.05, 4.69) is 19.2 Å². The van der Waals surface area contributed by atoms with Crippen molar-refractivity contribution in [3.05, 3.63) is 52.9 Å². The Morgan fingerprint density at radius 2 is 2.18 bits per heavy atom. The predicted octanol–water partition coefficient (Wildman–Crippen LogP) is 4.80. The highest BCUT2D eigenvalue weighted by Gasteiger charge is 2.13. The fourth-order valence-corrected chi connectivity index (χ4v) is 1.97. The van der Waals surface area contributed by atoms with Crippen LogP contribution in [-0.4, -0.2) is 0 Å². The van der Waals surface area contributed by atoms with Crippen LogP contribution in [0.25, 0.3) is 0 Å². The molecule has 3 heteroatoms. The van der Waals surface area contributed by atoms with Crippen molar-refractivity contribution >= 4 is 17.3 Å². The first kappa shape index (κ1) is 12.1. The van der Waals surface area contributed by atoms with Gasteiger partial charge < -0.3 is 9.73 Å². The van der Waals surface area contributed by atoms with Gasteiger partial charge in [-0.2, -0.15) is 0 Å². The molecule has 0 aliphatic rings. The molecule has 2 rings (SSSR count). The molecule has 0 radical (unpaired) electrons. The maximum atomic E-state index is 6.17. The van der Waals surface area contributed by atoms with Crippen LogP contribution in [0.1, 0.15) is 30.7 Å². The lowest BCUT2D eigenvalue weighted by molar-refractivity contribution is 0.474. The molecule has 0 aliphatic carbocycles. The number of benzene rings is 1. The summed E-state index contributed by atoms with van der Waals surface area (Å²) in [5.74, 6) is 0.935. The molecule has 0 saturated carbocycles. The van der Waals surface area contributed by atoms with Crippen molar-refractivity contribution in [1.29, 1.82) is 0 Å². The van der Waals surface area contributed by atoms with Gasteiger partial charge in [0, 0.05) is 0 Å². The van der Waals surface area contributed by atoms with E-state index in [-0.39, 0.29) is 6.04 Å². The van der Waals surface area contributed by atoms with Gasteiger partial charge in [0.1, 0.15) is 5.76 Å². The first-order valence-electron chi connectivity index (χ1n) is 5.76. The maximum Gasteiger partial charge on any atom is 0.125 e. The summed E-state index contributed by atoms with van der Waals surface area (Å²) in [6, 6.07) is 10.00. The lowest BCUT2D eigenvalue weighted by Gasteiger charge is -2.17. The Morgan fingerprint density at radius 1 is 1.35 bits per heavy atom. The molecule has 2 aromatic rings. The van der Waals surface area contributed by atoms with Crippen LogP contribution in [0.4, 0.5) is 5.69 Å². The average Bonchev–Trinajstić information content (AvgIpc) is 2.84. The third kappa shape index (κ3) is 2.83. The van der Waals surface area contributed by atoms with Gasteiger partial charge in [0.15, 0.2) is 0 Å². The second-order valence-electron chi connectivity index (χ2n) is 4.10. The largest absolute Gasteiger partial charge is 0.467 e. The average molecular weight is 250 g/mol. The van der Waals surface area contributed by atoms with E-state index >= 15 is 0 Å². The van der Waals surface area contributed by atoms with Crippen LogP contribution in [0, 0.1) is 6.92 Å². The van der Waals surface area contributed by atoms with Crippen molar-refractivity contribution in [3.8, 4) is 0 Å². The number of hydrogen-bond acceptors (Lipinski definition) is 2. The molecule has 1 aromatic carbocycles. The molecular weight excluding hydrogens is 234 g/mol. The molecule has 1 heterocycles. The molecule has 1 unspecified atom stereocenters. The molecule has 1 aromatic heterocycles. The molecule has 0 aliphatic heterocycles. The van der Waals surface area contributed by atoms with Crippen molar-refractivity contribution in [2.45, 2.75) is 26.3 Å². The van der Waals surface area contributed by atoms with E-state index in [9.17, 15) is 0 Å². The second kappa shape index (κ2) is 5.28. The Kier molecular flexibility index (Phi) is 3.75. The van der Waals surface area contributed by atoms with Gasteiger partial charge in [-0.25, -0.2) is 0 Å². The van der Waals surface area contributed by atoms with Crippen LogP contribution in [0.3, 0.4) is 0 Å². The van der Waals surface area contributed by atoms with Gasteiger partial charge in [0.05, 0.1) is 23.0 Å². The molecule has 1 atom stereocenters. The molecule has 0 amide bonds. The van der Waals surface area contributed by atoms with Gasteiger partial charge in [0.2, 0.25) is 0 Å². The topological polar surface area (TPSA) is 25.2 Å². The summed E-state index contributed by atoms with van der Waals surface area (Å²) in [7, 11) is 0. The van der Waals surface area contributed by atoms with E-state index in [1.807, 2.05) is 30.3 Å². The highest BCUT2D eigenvalue weighted by atomic mass is 35.5. The normalized spacial score (nSPS) is 12.4. The summed E-state index contributed by atoms with van der Waals surface area (Å²) >= 11 is 6.17. The minimum absolute atomic E-state index is 0.157. The number of nitrogens with one attached hydrogen (secondary N) is 1. The first-order valence-corrected chi connectivity index (χ1v) is 6.14. The Bertz CT molecular complexity index is 479. The molecule has 0 fully saturated rings. The van der Waals surface area contributed by atoms with E-state index in [1.165, 1.54) is 5.56 Å². The van der Waals surface area contributed by atoms with Gasteiger partial charge >= 0.3 is 0 Å². The van der Waals surface area contributed by atoms with Gasteiger partial charge in [-0.1, -0.05) is 24.6 Å². The Hall–Kier alpha value is -1.41. The summed E-state index contributed by atoms with van der Waals surface area (Å²) in [6.07, 6.45) is 2.63. The minimum atomic E-state index is 0.157. The van der Waals surface area contributed by atoms with Crippen molar-refractivity contribution in [2.75, 3.05) is 5.32 Å². The van der Waals surface area contributed by atoms with E-state index in [4.69, 9.17) is 16.0 Å². The van der Waals surface area contributed by atoms with E-state index in [0.29, 0.717) is 0 Å². The van der Waals surface area contributed by atoms with Crippen molar-refractivity contribution < 1.29 is 4.42 Å². The zero-order valence-electron chi connectivity index (χ0n) is 10.0. The summed E-state index contributed by atoms with van der Waals surface area (Å²) in [5.41, 5.74) is 2.14. The number of anilines is 1. The smallest absolute Gasteiger partial charge is 0.125 e. The maximum absolute atomic E-state index is 6.17. The first-order chi connectivity index (χ1) is 8.20. The third-order valence-corrected chi connectivity index (χ3v) is 3.08. The van der Waals surface area contributed by atoms with Crippen LogP contribution in [0.15, 0.2) is 41.0 Å².